The Morgan fingerprint density at radius 3 is 2.53 bits per heavy atom. The second-order valence-electron chi connectivity index (χ2n) is 4.05. The van der Waals surface area contributed by atoms with E-state index >= 15 is 0 Å². The van der Waals surface area contributed by atoms with Gasteiger partial charge in [-0.3, -0.25) is 4.79 Å². The number of aliphatic hydroxyl groups is 2. The van der Waals surface area contributed by atoms with Gasteiger partial charge in [-0.05, 0) is 28.1 Å². The van der Waals surface area contributed by atoms with Crippen LogP contribution in [0.5, 0.6) is 0 Å². The summed E-state index contributed by atoms with van der Waals surface area (Å²) in [5, 5.41) is 18.8. The minimum Gasteiger partial charge on any atom is -0.398 e. The lowest BCUT2D eigenvalue weighted by Crippen LogP contribution is -2.30. The molecule has 2 rings (SSSR count). The summed E-state index contributed by atoms with van der Waals surface area (Å²) in [5.41, 5.74) is 6.61. The van der Waals surface area contributed by atoms with Gasteiger partial charge in [-0.1, -0.05) is 6.07 Å². The van der Waals surface area contributed by atoms with Gasteiger partial charge in [-0.2, -0.15) is 0 Å². The first-order chi connectivity index (χ1) is 8.00. The van der Waals surface area contributed by atoms with Crippen molar-refractivity contribution in [3.8, 4) is 0 Å². The Morgan fingerprint density at radius 1 is 1.35 bits per heavy atom. The summed E-state index contributed by atoms with van der Waals surface area (Å²) in [6.45, 7) is 0.280. The molecule has 1 heterocycles. The van der Waals surface area contributed by atoms with Gasteiger partial charge in [-0.15, -0.1) is 0 Å². The number of anilines is 1. The molecule has 1 saturated heterocycles. The van der Waals surface area contributed by atoms with Crippen LogP contribution >= 0.6 is 15.9 Å². The molecule has 6 heteroatoms. The summed E-state index contributed by atoms with van der Waals surface area (Å²) in [7, 11) is 0. The minimum atomic E-state index is -0.876. The van der Waals surface area contributed by atoms with Crippen molar-refractivity contribution < 1.29 is 15.0 Å². The van der Waals surface area contributed by atoms with Gasteiger partial charge in [0.05, 0.1) is 22.2 Å². The van der Waals surface area contributed by atoms with Crippen LogP contribution in [0.4, 0.5) is 5.69 Å². The number of halogens is 1. The number of β-amino-alcohol motifs (C(OH)–C–C–N with tert-alkyl or cyclic N) is 2. The number of hydrogen-bond donors (Lipinski definition) is 3. The molecule has 1 aromatic carbocycles. The number of nitrogens with zero attached hydrogens (tertiary/aromatic N) is 1. The van der Waals surface area contributed by atoms with Crippen LogP contribution in [0, 0.1) is 0 Å². The van der Waals surface area contributed by atoms with Gasteiger partial charge < -0.3 is 20.8 Å². The Balaban J connectivity index is 2.24. The molecular weight excluding hydrogens is 288 g/mol. The Bertz CT molecular complexity index is 442. The number of aliphatic hydroxyl groups excluding tert-OH is 2. The smallest absolute Gasteiger partial charge is 0.255 e. The number of likely N-dealkylation sites (tertiary alicyclic amines) is 1. The van der Waals surface area contributed by atoms with Gasteiger partial charge in [0.2, 0.25) is 0 Å². The van der Waals surface area contributed by atoms with Gasteiger partial charge >= 0.3 is 0 Å². The summed E-state index contributed by atoms with van der Waals surface area (Å²) in [6, 6.07) is 5.03. The number of amides is 1. The number of hydrogen-bond acceptors (Lipinski definition) is 4. The van der Waals surface area contributed by atoms with E-state index in [1.54, 1.807) is 18.2 Å². The second kappa shape index (κ2) is 4.64. The van der Waals surface area contributed by atoms with Gasteiger partial charge in [0.15, 0.2) is 0 Å². The summed E-state index contributed by atoms with van der Waals surface area (Å²) in [5.74, 6) is -0.250. The Kier molecular flexibility index (Phi) is 3.37. The highest BCUT2D eigenvalue weighted by Crippen LogP contribution is 2.26. The van der Waals surface area contributed by atoms with Crippen LogP contribution < -0.4 is 5.73 Å². The van der Waals surface area contributed by atoms with Crippen LogP contribution in [0.25, 0.3) is 0 Å². The highest BCUT2D eigenvalue weighted by atomic mass is 79.9. The maximum atomic E-state index is 12.1. The van der Waals surface area contributed by atoms with Crippen molar-refractivity contribution >= 4 is 27.5 Å². The standard InChI is InChI=1S/C11H13BrN2O3/c12-10-6(2-1-3-7(10)13)11(17)14-4-8(15)9(16)5-14/h1-3,8-9,15-16H,4-5,13H2/t8-,9+. The maximum absolute atomic E-state index is 12.1. The molecule has 4 N–H and O–H groups in total. The first-order valence-electron chi connectivity index (χ1n) is 5.20. The molecule has 17 heavy (non-hydrogen) atoms. The fraction of sp³-hybridized carbons (Fsp3) is 0.364. The van der Waals surface area contributed by atoms with Gasteiger partial charge in [0, 0.05) is 18.8 Å². The van der Waals surface area contributed by atoms with E-state index in [4.69, 9.17) is 5.73 Å². The van der Waals surface area contributed by atoms with Gasteiger partial charge in [0.1, 0.15) is 0 Å². The third kappa shape index (κ3) is 2.29. The van der Waals surface area contributed by atoms with E-state index in [1.165, 1.54) is 4.90 Å². The lowest BCUT2D eigenvalue weighted by Gasteiger charge is -2.16. The minimum absolute atomic E-state index is 0.140. The normalized spacial score (nSPS) is 24.1. The van der Waals surface area contributed by atoms with Crippen molar-refractivity contribution in [3.05, 3.63) is 28.2 Å². The molecule has 0 bridgehead atoms. The average Bonchev–Trinajstić information content (AvgIpc) is 2.62. The lowest BCUT2D eigenvalue weighted by atomic mass is 10.2. The van der Waals surface area contributed by atoms with E-state index < -0.39 is 12.2 Å². The number of rotatable bonds is 1. The van der Waals surface area contributed by atoms with Crippen molar-refractivity contribution in [2.75, 3.05) is 18.8 Å². The molecule has 1 aliphatic rings. The molecule has 1 aromatic rings. The number of carbonyl (C=O) groups excluding carboxylic acids is 1. The van der Waals surface area contributed by atoms with E-state index in [2.05, 4.69) is 15.9 Å². The Hall–Kier alpha value is -1.11. The lowest BCUT2D eigenvalue weighted by molar-refractivity contribution is 0.0572. The molecule has 1 fully saturated rings. The van der Waals surface area contributed by atoms with Crippen LogP contribution in [0.2, 0.25) is 0 Å². The molecule has 0 spiro atoms. The van der Waals surface area contributed by atoms with Crippen molar-refractivity contribution in [1.29, 1.82) is 0 Å². The molecule has 2 atom stereocenters. The predicted octanol–water partition coefficient (Wildman–Crippen LogP) is 0.209. The van der Waals surface area contributed by atoms with Crippen LogP contribution in [-0.2, 0) is 0 Å². The first-order valence-corrected chi connectivity index (χ1v) is 5.99. The summed E-state index contributed by atoms with van der Waals surface area (Å²) < 4.78 is 0.542. The quantitative estimate of drug-likeness (QED) is 0.647. The zero-order chi connectivity index (χ0) is 12.6. The fourth-order valence-corrected chi connectivity index (χ4v) is 2.25. The van der Waals surface area contributed by atoms with Crippen LogP contribution in [0.15, 0.2) is 22.7 Å². The molecule has 1 amide bonds. The molecule has 1 aliphatic heterocycles. The van der Waals surface area contributed by atoms with Crippen LogP contribution in [0.1, 0.15) is 10.4 Å². The van der Waals surface area contributed by atoms with Crippen molar-refractivity contribution in [3.63, 3.8) is 0 Å². The number of benzene rings is 1. The summed E-state index contributed by atoms with van der Waals surface area (Å²) in [6.07, 6.45) is -1.75. The van der Waals surface area contributed by atoms with E-state index in [9.17, 15) is 15.0 Å². The largest absolute Gasteiger partial charge is 0.398 e. The Morgan fingerprint density at radius 2 is 1.94 bits per heavy atom. The fourth-order valence-electron chi connectivity index (χ4n) is 1.82. The third-order valence-electron chi connectivity index (χ3n) is 2.81. The molecule has 92 valence electrons. The van der Waals surface area contributed by atoms with Crippen LogP contribution in [-0.4, -0.2) is 46.3 Å². The topological polar surface area (TPSA) is 86.8 Å². The molecule has 0 aromatic heterocycles. The molecule has 5 nitrogen and oxygen atoms in total. The highest BCUT2D eigenvalue weighted by molar-refractivity contribution is 9.10. The van der Waals surface area contributed by atoms with E-state index in [-0.39, 0.29) is 19.0 Å². The molecule has 0 saturated carbocycles. The van der Waals surface area contributed by atoms with Crippen molar-refractivity contribution in [2.45, 2.75) is 12.2 Å². The molecule has 0 unspecified atom stereocenters. The van der Waals surface area contributed by atoms with Crippen molar-refractivity contribution in [1.82, 2.24) is 4.90 Å². The van der Waals surface area contributed by atoms with Crippen molar-refractivity contribution in [2.24, 2.45) is 0 Å². The number of nitrogens with two attached hydrogens (primary N) is 1. The highest BCUT2D eigenvalue weighted by Gasteiger charge is 2.33. The summed E-state index contributed by atoms with van der Waals surface area (Å²) in [4.78, 5) is 13.5. The predicted molar refractivity (Wildman–Crippen MR) is 66.5 cm³/mol. The Labute approximate surface area is 107 Å². The van der Waals surface area contributed by atoms with Gasteiger partial charge in [0.25, 0.3) is 5.91 Å². The average molecular weight is 301 g/mol. The van der Waals surface area contributed by atoms with Crippen LogP contribution in [0.3, 0.4) is 0 Å². The monoisotopic (exact) mass is 300 g/mol. The second-order valence-corrected chi connectivity index (χ2v) is 4.85. The van der Waals surface area contributed by atoms with E-state index in [1.807, 2.05) is 0 Å². The van der Waals surface area contributed by atoms with Gasteiger partial charge in [-0.25, -0.2) is 0 Å². The summed E-state index contributed by atoms with van der Waals surface area (Å²) >= 11 is 3.26. The zero-order valence-corrected chi connectivity index (χ0v) is 10.6. The number of nitrogen functional groups attached to an aromatic ring is 1. The van der Waals surface area contributed by atoms with E-state index in [0.29, 0.717) is 15.7 Å². The molecular formula is C11H13BrN2O3. The number of carbonyl (C=O) groups is 1. The van der Waals surface area contributed by atoms with E-state index in [0.717, 1.165) is 0 Å². The maximum Gasteiger partial charge on any atom is 0.255 e. The molecule has 0 aliphatic carbocycles. The molecule has 0 radical (unpaired) electrons. The zero-order valence-electron chi connectivity index (χ0n) is 9.01. The third-order valence-corrected chi connectivity index (χ3v) is 3.69. The first kappa shape index (κ1) is 12.3. The SMILES string of the molecule is Nc1cccc(C(=O)N2C[C@@H](O)[C@@H](O)C2)c1Br.